The molecule has 9 heteroatoms. The molecule has 2 aromatic carbocycles. The van der Waals surface area contributed by atoms with E-state index in [-0.39, 0.29) is 24.9 Å². The van der Waals surface area contributed by atoms with Crippen molar-refractivity contribution in [2.24, 2.45) is 0 Å². The van der Waals surface area contributed by atoms with E-state index in [4.69, 9.17) is 13.9 Å². The molecular weight excluding hydrogens is 472 g/mol. The number of hydrogen-bond acceptors (Lipinski definition) is 6. The van der Waals surface area contributed by atoms with Gasteiger partial charge in [-0.2, -0.15) is 5.10 Å². The zero-order valence-corrected chi connectivity index (χ0v) is 20.9. The molecule has 2 amide bonds. The summed E-state index contributed by atoms with van der Waals surface area (Å²) in [4.78, 5) is 29.1. The fourth-order valence-corrected chi connectivity index (χ4v) is 4.46. The first-order chi connectivity index (χ1) is 17.9. The summed E-state index contributed by atoms with van der Waals surface area (Å²) in [5.74, 6) is 1.46. The smallest absolute Gasteiger partial charge is 0.273 e. The van der Waals surface area contributed by atoms with Crippen LogP contribution in [-0.2, 0) is 24.4 Å². The number of carbonyl (C=O) groups is 2. The van der Waals surface area contributed by atoms with Crippen LogP contribution in [0.2, 0.25) is 0 Å². The van der Waals surface area contributed by atoms with E-state index >= 15 is 0 Å². The average molecular weight is 501 g/mol. The van der Waals surface area contributed by atoms with Crippen molar-refractivity contribution in [1.82, 2.24) is 20.0 Å². The summed E-state index contributed by atoms with van der Waals surface area (Å²) in [6, 6.07) is 20.2. The van der Waals surface area contributed by atoms with Crippen molar-refractivity contribution in [3.8, 4) is 23.0 Å². The molecule has 3 heterocycles. The number of furan rings is 1. The molecule has 37 heavy (non-hydrogen) atoms. The summed E-state index contributed by atoms with van der Waals surface area (Å²) >= 11 is 0. The molecule has 1 aliphatic heterocycles. The van der Waals surface area contributed by atoms with Crippen molar-refractivity contribution in [2.75, 3.05) is 14.2 Å². The maximum atomic E-state index is 13.8. The van der Waals surface area contributed by atoms with E-state index in [0.29, 0.717) is 23.7 Å². The van der Waals surface area contributed by atoms with Crippen LogP contribution < -0.4 is 14.8 Å². The Kier molecular flexibility index (Phi) is 6.43. The monoisotopic (exact) mass is 500 g/mol. The second-order valence-corrected chi connectivity index (χ2v) is 9.09. The summed E-state index contributed by atoms with van der Waals surface area (Å²) < 4.78 is 17.5. The maximum absolute atomic E-state index is 13.8. The number of hydrogen-bond donors (Lipinski definition) is 1. The largest absolute Gasteiger partial charge is 0.497 e. The Labute approximate surface area is 214 Å². The molecule has 1 aliphatic rings. The van der Waals surface area contributed by atoms with Crippen molar-refractivity contribution < 1.29 is 23.5 Å². The highest BCUT2D eigenvalue weighted by Crippen LogP contribution is 2.32. The zero-order chi connectivity index (χ0) is 26.0. The molecule has 1 atom stereocenters. The first-order valence-electron chi connectivity index (χ1n) is 11.9. The van der Waals surface area contributed by atoms with Gasteiger partial charge in [0.05, 0.1) is 27.0 Å². The molecule has 0 fully saturated rings. The van der Waals surface area contributed by atoms with Gasteiger partial charge in [-0.15, -0.1) is 0 Å². The lowest BCUT2D eigenvalue weighted by Gasteiger charge is -2.43. The second-order valence-electron chi connectivity index (χ2n) is 9.09. The fraction of sp³-hybridized carbons (Fsp3) is 0.250. The molecule has 1 N–H and O–H groups in total. The predicted octanol–water partition coefficient (Wildman–Crippen LogP) is 3.89. The molecule has 2 aromatic heterocycles. The Hall–Kier alpha value is -4.53. The Morgan fingerprint density at radius 3 is 2.27 bits per heavy atom. The molecule has 0 saturated heterocycles. The van der Waals surface area contributed by atoms with Crippen LogP contribution in [0.1, 0.15) is 28.5 Å². The Morgan fingerprint density at radius 2 is 1.68 bits per heavy atom. The second kappa shape index (κ2) is 9.85. The van der Waals surface area contributed by atoms with E-state index < -0.39 is 5.54 Å². The molecule has 4 aromatic rings. The molecule has 0 spiro atoms. The number of aromatic nitrogens is 2. The summed E-state index contributed by atoms with van der Waals surface area (Å²) in [5, 5.41) is 7.60. The van der Waals surface area contributed by atoms with Gasteiger partial charge in [-0.05, 0) is 54.4 Å². The van der Waals surface area contributed by atoms with Crippen molar-refractivity contribution in [3.05, 3.63) is 89.8 Å². The fourth-order valence-electron chi connectivity index (χ4n) is 4.46. The van der Waals surface area contributed by atoms with Crippen molar-refractivity contribution >= 4 is 11.8 Å². The first-order valence-corrected chi connectivity index (χ1v) is 11.9. The van der Waals surface area contributed by atoms with Gasteiger partial charge in [-0.3, -0.25) is 14.3 Å². The number of amides is 2. The van der Waals surface area contributed by atoms with Gasteiger partial charge in [-0.1, -0.05) is 24.3 Å². The van der Waals surface area contributed by atoms with Gasteiger partial charge in [0.1, 0.15) is 28.4 Å². The number of carbonyl (C=O) groups excluding carboxylic acids is 2. The average Bonchev–Trinajstić information content (AvgIpc) is 3.61. The van der Waals surface area contributed by atoms with Crippen LogP contribution in [0.5, 0.6) is 11.5 Å². The highest BCUT2D eigenvalue weighted by Gasteiger charge is 2.48. The number of nitrogens with one attached hydrogen (secondary N) is 1. The van der Waals surface area contributed by atoms with Gasteiger partial charge < -0.3 is 24.1 Å². The van der Waals surface area contributed by atoms with E-state index in [0.717, 1.165) is 22.6 Å². The topological polar surface area (TPSA) is 98.8 Å². The van der Waals surface area contributed by atoms with Gasteiger partial charge in [0.2, 0.25) is 5.91 Å². The van der Waals surface area contributed by atoms with E-state index in [1.54, 1.807) is 55.2 Å². The summed E-state index contributed by atoms with van der Waals surface area (Å²) in [6.07, 6.45) is 1.56. The molecule has 0 unspecified atom stereocenters. The lowest BCUT2D eigenvalue weighted by molar-refractivity contribution is -0.133. The Bertz CT molecular complexity index is 1390. The number of fused-ring (bicyclic) bond motifs is 1. The highest BCUT2D eigenvalue weighted by molar-refractivity contribution is 6.00. The summed E-state index contributed by atoms with van der Waals surface area (Å²) in [6.45, 7) is 2.53. The quantitative estimate of drug-likeness (QED) is 0.394. The van der Waals surface area contributed by atoms with Crippen LogP contribution in [0.3, 0.4) is 0 Å². The van der Waals surface area contributed by atoms with Crippen LogP contribution in [-0.4, -0.2) is 46.3 Å². The van der Waals surface area contributed by atoms with Gasteiger partial charge >= 0.3 is 0 Å². The normalized spacial score (nSPS) is 16.8. The van der Waals surface area contributed by atoms with Gasteiger partial charge in [0.15, 0.2) is 5.76 Å². The maximum Gasteiger partial charge on any atom is 0.273 e. The third kappa shape index (κ3) is 4.67. The highest BCUT2D eigenvalue weighted by atomic mass is 16.5. The van der Waals surface area contributed by atoms with E-state index in [2.05, 4.69) is 10.4 Å². The number of benzene rings is 2. The minimum absolute atomic E-state index is 0.194. The number of methoxy groups -OCH3 is 2. The van der Waals surface area contributed by atoms with Crippen molar-refractivity contribution in [2.45, 2.75) is 32.1 Å². The van der Waals surface area contributed by atoms with E-state index in [9.17, 15) is 9.59 Å². The van der Waals surface area contributed by atoms with Crippen LogP contribution in [0.15, 0.2) is 77.4 Å². The van der Waals surface area contributed by atoms with Crippen LogP contribution in [0, 0.1) is 0 Å². The molecular formula is C28H28N4O5. The minimum atomic E-state index is -1.19. The molecule has 5 rings (SSSR count). The third-order valence-corrected chi connectivity index (χ3v) is 6.67. The van der Waals surface area contributed by atoms with Crippen LogP contribution >= 0.6 is 0 Å². The lowest BCUT2D eigenvalue weighted by atomic mass is 9.94. The molecule has 0 aliphatic carbocycles. The van der Waals surface area contributed by atoms with Gasteiger partial charge in [0.25, 0.3) is 5.91 Å². The predicted molar refractivity (Wildman–Crippen MR) is 136 cm³/mol. The number of nitrogens with zero attached hydrogens (tertiary/aromatic N) is 3. The molecule has 0 saturated carbocycles. The SMILES string of the molecule is COc1ccc(CNC(=O)[C@]2(C)Cn3nc(-c4ccco4)cc3C(=O)N2Cc2ccc(OC)cc2)cc1. The molecule has 0 bridgehead atoms. The van der Waals surface area contributed by atoms with Gasteiger partial charge in [-0.25, -0.2) is 0 Å². The minimum Gasteiger partial charge on any atom is -0.497 e. The Morgan fingerprint density at radius 1 is 1.03 bits per heavy atom. The van der Waals surface area contributed by atoms with Crippen LogP contribution in [0.25, 0.3) is 11.5 Å². The number of ether oxygens (including phenoxy) is 2. The first kappa shape index (κ1) is 24.2. The number of rotatable bonds is 8. The van der Waals surface area contributed by atoms with Crippen LogP contribution in [0.4, 0.5) is 0 Å². The molecule has 9 nitrogen and oxygen atoms in total. The van der Waals surface area contributed by atoms with Gasteiger partial charge in [0, 0.05) is 19.2 Å². The Balaban J connectivity index is 1.45. The molecule has 190 valence electrons. The zero-order valence-electron chi connectivity index (χ0n) is 20.9. The van der Waals surface area contributed by atoms with Crippen molar-refractivity contribution in [1.29, 1.82) is 0 Å². The molecule has 0 radical (unpaired) electrons. The summed E-state index contributed by atoms with van der Waals surface area (Å²) in [5.41, 5.74) is 1.55. The lowest BCUT2D eigenvalue weighted by Crippen LogP contribution is -2.63. The van der Waals surface area contributed by atoms with Crippen molar-refractivity contribution in [3.63, 3.8) is 0 Å². The van der Waals surface area contributed by atoms with E-state index in [1.807, 2.05) is 48.5 Å². The standard InChI is InChI=1S/C28H28N4O5/c1-28(27(34)29-16-19-6-10-21(35-2)11-7-19)18-32-24(15-23(30-32)25-5-4-14-37-25)26(33)31(28)17-20-8-12-22(36-3)13-9-20/h4-15H,16-18H2,1-3H3,(H,29,34)/t28-/m0/s1. The summed E-state index contributed by atoms with van der Waals surface area (Å²) in [7, 11) is 3.21. The van der Waals surface area contributed by atoms with E-state index in [1.165, 1.54) is 0 Å². The third-order valence-electron chi connectivity index (χ3n) is 6.67.